The molecule has 0 aromatic rings. The standard InChI is InChI=1S/C10H15NO5/c1-4-8(12)11-7(10(14)16-3)5-6-9(13)15-2/h4,7H,1,5-6H2,2-3H3,(H,11,12)/t7-/m0/s1. The maximum atomic E-state index is 11.2. The fourth-order valence-electron chi connectivity index (χ4n) is 0.986. The maximum absolute atomic E-state index is 11.2. The molecule has 90 valence electrons. The summed E-state index contributed by atoms with van der Waals surface area (Å²) in [7, 11) is 2.45. The molecule has 0 unspecified atom stereocenters. The highest BCUT2D eigenvalue weighted by Gasteiger charge is 2.21. The first-order valence-electron chi connectivity index (χ1n) is 4.62. The molecule has 0 aliphatic heterocycles. The highest BCUT2D eigenvalue weighted by atomic mass is 16.5. The molecule has 0 aromatic carbocycles. The zero-order valence-electron chi connectivity index (χ0n) is 9.32. The van der Waals surface area contributed by atoms with E-state index in [1.165, 1.54) is 14.2 Å². The van der Waals surface area contributed by atoms with Crippen LogP contribution < -0.4 is 5.32 Å². The van der Waals surface area contributed by atoms with Crippen molar-refractivity contribution in [1.29, 1.82) is 0 Å². The summed E-state index contributed by atoms with van der Waals surface area (Å²) < 4.78 is 8.90. The van der Waals surface area contributed by atoms with Gasteiger partial charge in [0.05, 0.1) is 14.2 Å². The number of esters is 2. The molecule has 0 bridgehead atoms. The molecule has 1 amide bonds. The molecule has 16 heavy (non-hydrogen) atoms. The fraction of sp³-hybridized carbons (Fsp3) is 0.500. The van der Waals surface area contributed by atoms with Gasteiger partial charge in [-0.05, 0) is 12.5 Å². The van der Waals surface area contributed by atoms with Gasteiger partial charge in [0.1, 0.15) is 6.04 Å². The van der Waals surface area contributed by atoms with Crippen molar-refractivity contribution < 1.29 is 23.9 Å². The Morgan fingerprint density at radius 1 is 1.31 bits per heavy atom. The molecule has 0 aliphatic rings. The summed E-state index contributed by atoms with van der Waals surface area (Å²) in [5.74, 6) is -1.57. The lowest BCUT2D eigenvalue weighted by Gasteiger charge is -2.14. The van der Waals surface area contributed by atoms with Crippen LogP contribution in [0, 0.1) is 0 Å². The third-order valence-electron chi connectivity index (χ3n) is 1.85. The Balaban J connectivity index is 4.31. The highest BCUT2D eigenvalue weighted by Crippen LogP contribution is 2.01. The Hall–Kier alpha value is -1.85. The van der Waals surface area contributed by atoms with Gasteiger partial charge < -0.3 is 14.8 Å². The summed E-state index contributed by atoms with van der Waals surface area (Å²) in [4.78, 5) is 33.1. The maximum Gasteiger partial charge on any atom is 0.328 e. The van der Waals surface area contributed by atoms with Crippen LogP contribution in [0.4, 0.5) is 0 Å². The monoisotopic (exact) mass is 229 g/mol. The molecule has 6 nitrogen and oxygen atoms in total. The first kappa shape index (κ1) is 14.2. The van der Waals surface area contributed by atoms with Gasteiger partial charge in [-0.25, -0.2) is 4.79 Å². The van der Waals surface area contributed by atoms with Crippen LogP contribution in [0.2, 0.25) is 0 Å². The highest BCUT2D eigenvalue weighted by molar-refractivity contribution is 5.91. The first-order chi connectivity index (χ1) is 7.54. The zero-order chi connectivity index (χ0) is 12.6. The number of hydrogen-bond donors (Lipinski definition) is 1. The van der Waals surface area contributed by atoms with Gasteiger partial charge in [0.2, 0.25) is 5.91 Å². The van der Waals surface area contributed by atoms with Gasteiger partial charge in [0.15, 0.2) is 0 Å². The molecule has 0 aromatic heterocycles. The first-order valence-corrected chi connectivity index (χ1v) is 4.62. The smallest absolute Gasteiger partial charge is 0.328 e. The molecular formula is C10H15NO5. The second-order valence-electron chi connectivity index (χ2n) is 2.90. The average Bonchev–Trinajstić information content (AvgIpc) is 2.32. The quantitative estimate of drug-likeness (QED) is 0.503. The SMILES string of the molecule is C=CC(=O)N[C@@H](CCC(=O)OC)C(=O)OC. The van der Waals surface area contributed by atoms with E-state index in [-0.39, 0.29) is 12.8 Å². The van der Waals surface area contributed by atoms with E-state index in [9.17, 15) is 14.4 Å². The molecule has 0 saturated carbocycles. The van der Waals surface area contributed by atoms with Crippen LogP contribution in [0.5, 0.6) is 0 Å². The van der Waals surface area contributed by atoms with Crippen LogP contribution in [0.15, 0.2) is 12.7 Å². The molecule has 1 N–H and O–H groups in total. The number of carbonyl (C=O) groups is 3. The van der Waals surface area contributed by atoms with Gasteiger partial charge in [0, 0.05) is 6.42 Å². The predicted molar refractivity (Wildman–Crippen MR) is 55.4 cm³/mol. The lowest BCUT2D eigenvalue weighted by Crippen LogP contribution is -2.41. The summed E-state index contributed by atoms with van der Waals surface area (Å²) in [5, 5.41) is 2.36. The Labute approximate surface area is 93.6 Å². The molecular weight excluding hydrogens is 214 g/mol. The van der Waals surface area contributed by atoms with E-state index in [0.717, 1.165) is 6.08 Å². The molecule has 0 heterocycles. The van der Waals surface area contributed by atoms with E-state index in [4.69, 9.17) is 0 Å². The van der Waals surface area contributed by atoms with Crippen LogP contribution >= 0.6 is 0 Å². The molecule has 0 aliphatic carbocycles. The fourth-order valence-corrected chi connectivity index (χ4v) is 0.986. The number of hydrogen-bond acceptors (Lipinski definition) is 5. The number of methoxy groups -OCH3 is 2. The second kappa shape index (κ2) is 7.44. The van der Waals surface area contributed by atoms with E-state index < -0.39 is 23.9 Å². The molecule has 1 atom stereocenters. The van der Waals surface area contributed by atoms with Gasteiger partial charge in [-0.15, -0.1) is 0 Å². The van der Waals surface area contributed by atoms with Gasteiger partial charge in [-0.1, -0.05) is 6.58 Å². The van der Waals surface area contributed by atoms with Gasteiger partial charge in [-0.2, -0.15) is 0 Å². The molecule has 0 saturated heterocycles. The van der Waals surface area contributed by atoms with Crippen LogP contribution in [0.3, 0.4) is 0 Å². The summed E-state index contributed by atoms with van der Waals surface area (Å²) >= 11 is 0. The Kier molecular flexibility index (Phi) is 6.58. The van der Waals surface area contributed by atoms with Crippen LogP contribution in [0.25, 0.3) is 0 Å². The topological polar surface area (TPSA) is 81.7 Å². The lowest BCUT2D eigenvalue weighted by atomic mass is 10.1. The Morgan fingerprint density at radius 3 is 2.38 bits per heavy atom. The normalized spacial score (nSPS) is 11.1. The minimum Gasteiger partial charge on any atom is -0.469 e. The second-order valence-corrected chi connectivity index (χ2v) is 2.90. The van der Waals surface area contributed by atoms with Crippen molar-refractivity contribution in [2.45, 2.75) is 18.9 Å². The molecule has 6 heteroatoms. The van der Waals surface area contributed by atoms with Gasteiger partial charge >= 0.3 is 11.9 Å². The summed E-state index contributed by atoms with van der Waals surface area (Å²) in [6, 6.07) is -0.866. The van der Waals surface area contributed by atoms with Crippen molar-refractivity contribution in [3.05, 3.63) is 12.7 Å². The molecule has 0 radical (unpaired) electrons. The molecule has 0 fully saturated rings. The van der Waals surface area contributed by atoms with Gasteiger partial charge in [0.25, 0.3) is 0 Å². The van der Waals surface area contributed by atoms with Gasteiger partial charge in [-0.3, -0.25) is 9.59 Å². The van der Waals surface area contributed by atoms with E-state index in [1.54, 1.807) is 0 Å². The predicted octanol–water partition coefficient (Wildman–Crippen LogP) is -0.217. The number of rotatable bonds is 6. The summed E-state index contributed by atoms with van der Waals surface area (Å²) in [6.07, 6.45) is 1.18. The third kappa shape index (κ3) is 5.14. The lowest BCUT2D eigenvalue weighted by molar-refractivity contribution is -0.146. The van der Waals surface area contributed by atoms with E-state index in [2.05, 4.69) is 21.4 Å². The van der Waals surface area contributed by atoms with E-state index in [1.807, 2.05) is 0 Å². The van der Waals surface area contributed by atoms with Crippen LogP contribution in [-0.2, 0) is 23.9 Å². The Bertz CT molecular complexity index is 287. The third-order valence-corrected chi connectivity index (χ3v) is 1.85. The number of amides is 1. The largest absolute Gasteiger partial charge is 0.469 e. The van der Waals surface area contributed by atoms with Crippen molar-refractivity contribution in [1.82, 2.24) is 5.32 Å². The number of nitrogens with one attached hydrogen (secondary N) is 1. The average molecular weight is 229 g/mol. The van der Waals surface area contributed by atoms with Crippen molar-refractivity contribution in [3.63, 3.8) is 0 Å². The van der Waals surface area contributed by atoms with Crippen molar-refractivity contribution >= 4 is 17.8 Å². The minimum atomic E-state index is -0.866. The summed E-state index contributed by atoms with van der Waals surface area (Å²) in [6.45, 7) is 3.25. The minimum absolute atomic E-state index is 0.0215. The summed E-state index contributed by atoms with van der Waals surface area (Å²) in [5.41, 5.74) is 0. The van der Waals surface area contributed by atoms with E-state index >= 15 is 0 Å². The van der Waals surface area contributed by atoms with Crippen molar-refractivity contribution in [3.8, 4) is 0 Å². The Morgan fingerprint density at radius 2 is 1.94 bits per heavy atom. The number of ether oxygens (including phenoxy) is 2. The molecule has 0 spiro atoms. The van der Waals surface area contributed by atoms with Crippen LogP contribution in [-0.4, -0.2) is 38.1 Å². The van der Waals surface area contributed by atoms with E-state index in [0.29, 0.717) is 0 Å². The molecule has 0 rings (SSSR count). The number of carbonyl (C=O) groups excluding carboxylic acids is 3. The van der Waals surface area contributed by atoms with Crippen molar-refractivity contribution in [2.24, 2.45) is 0 Å². The zero-order valence-corrected chi connectivity index (χ0v) is 9.32. The van der Waals surface area contributed by atoms with Crippen molar-refractivity contribution in [2.75, 3.05) is 14.2 Å². The van der Waals surface area contributed by atoms with Crippen LogP contribution in [0.1, 0.15) is 12.8 Å².